The summed E-state index contributed by atoms with van der Waals surface area (Å²) in [5.41, 5.74) is 3.12. The maximum Gasteiger partial charge on any atom is 0.0934 e. The van der Waals surface area contributed by atoms with Crippen molar-refractivity contribution in [2.24, 2.45) is 22.7 Å². The molecule has 0 unspecified atom stereocenters. The van der Waals surface area contributed by atoms with Gasteiger partial charge in [0.2, 0.25) is 0 Å². The van der Waals surface area contributed by atoms with Gasteiger partial charge < -0.3 is 9.52 Å². The second-order valence-corrected chi connectivity index (χ2v) is 8.14. The molecule has 2 aliphatic carbocycles. The molecule has 4 atom stereocenters. The summed E-state index contributed by atoms with van der Waals surface area (Å²) in [6.07, 6.45) is 11.9. The zero-order chi connectivity index (χ0) is 15.8. The first-order valence-corrected chi connectivity index (χ1v) is 8.79. The van der Waals surface area contributed by atoms with E-state index < -0.39 is 0 Å². The van der Waals surface area contributed by atoms with Crippen molar-refractivity contribution in [1.82, 2.24) is 0 Å². The first-order valence-electron chi connectivity index (χ1n) is 8.79. The smallest absolute Gasteiger partial charge is 0.0934 e. The minimum Gasteiger partial charge on any atom is -0.472 e. The van der Waals surface area contributed by atoms with E-state index in [0.29, 0.717) is 23.9 Å². The molecule has 0 amide bonds. The Morgan fingerprint density at radius 3 is 2.86 bits per heavy atom. The summed E-state index contributed by atoms with van der Waals surface area (Å²) in [6.45, 7) is 9.52. The number of hydrogen-bond acceptors (Lipinski definition) is 2. The summed E-state index contributed by atoms with van der Waals surface area (Å²) < 4.78 is 5.21. The molecule has 2 fully saturated rings. The Balaban J connectivity index is 1.82. The van der Waals surface area contributed by atoms with Gasteiger partial charge in [0.05, 0.1) is 12.5 Å². The van der Waals surface area contributed by atoms with Crippen molar-refractivity contribution in [3.05, 3.63) is 36.3 Å². The molecular weight excluding hydrogens is 272 g/mol. The second-order valence-electron chi connectivity index (χ2n) is 8.14. The molecular formula is C20H30O2. The van der Waals surface area contributed by atoms with E-state index in [1.165, 1.54) is 36.8 Å². The number of aliphatic hydroxyl groups is 1. The van der Waals surface area contributed by atoms with E-state index in [0.717, 1.165) is 19.3 Å². The molecule has 2 nitrogen and oxygen atoms in total. The van der Waals surface area contributed by atoms with Crippen LogP contribution >= 0.6 is 0 Å². The molecule has 0 aliphatic heterocycles. The van der Waals surface area contributed by atoms with Crippen LogP contribution in [-0.2, 0) is 6.42 Å². The average Bonchev–Trinajstić information content (AvgIpc) is 2.99. The van der Waals surface area contributed by atoms with Crippen molar-refractivity contribution >= 4 is 0 Å². The van der Waals surface area contributed by atoms with Gasteiger partial charge in [0.25, 0.3) is 0 Å². The number of aliphatic hydroxyl groups excluding tert-OH is 1. The third-order valence-electron chi connectivity index (χ3n) is 6.81. The highest BCUT2D eigenvalue weighted by Gasteiger charge is 2.53. The quantitative estimate of drug-likeness (QED) is 0.795. The van der Waals surface area contributed by atoms with Crippen LogP contribution in [0.1, 0.15) is 57.9 Å². The molecule has 1 aromatic heterocycles. The molecule has 2 aliphatic rings. The predicted molar refractivity (Wildman–Crippen MR) is 89.5 cm³/mol. The molecule has 0 radical (unpaired) electrons. The number of rotatable bonds is 4. The highest BCUT2D eigenvalue weighted by Crippen LogP contribution is 2.61. The van der Waals surface area contributed by atoms with Gasteiger partial charge in [-0.1, -0.05) is 32.4 Å². The first kappa shape index (κ1) is 15.9. The molecule has 1 N–H and O–H groups in total. The van der Waals surface area contributed by atoms with E-state index in [1.807, 2.05) is 6.26 Å². The number of aryl methyl sites for hydroxylation is 1. The van der Waals surface area contributed by atoms with E-state index in [9.17, 15) is 5.11 Å². The van der Waals surface area contributed by atoms with Crippen molar-refractivity contribution in [3.63, 3.8) is 0 Å². The predicted octanol–water partition coefficient (Wildman–Crippen LogP) is 4.98. The first-order chi connectivity index (χ1) is 10.5. The summed E-state index contributed by atoms with van der Waals surface area (Å²) in [5, 5.41) is 10.0. The van der Waals surface area contributed by atoms with Gasteiger partial charge in [-0.15, -0.1) is 0 Å². The maximum atomic E-state index is 10.0. The molecule has 2 heteroatoms. The van der Waals surface area contributed by atoms with Gasteiger partial charge in [0.15, 0.2) is 0 Å². The largest absolute Gasteiger partial charge is 0.472 e. The van der Waals surface area contributed by atoms with E-state index in [-0.39, 0.29) is 5.41 Å². The topological polar surface area (TPSA) is 33.4 Å². The van der Waals surface area contributed by atoms with Crippen LogP contribution in [0.3, 0.4) is 0 Å². The molecule has 0 spiro atoms. The lowest BCUT2D eigenvalue weighted by Crippen LogP contribution is -2.51. The SMILES string of the molecule is C=C1CC[C@@H]2[C@@](C)(CO)CCC[C@]2(C)[C@H]1CCc1ccoc1. The third-order valence-corrected chi connectivity index (χ3v) is 6.81. The van der Waals surface area contributed by atoms with Crippen LogP contribution in [0.2, 0.25) is 0 Å². The highest BCUT2D eigenvalue weighted by molar-refractivity contribution is 5.17. The van der Waals surface area contributed by atoms with Crippen LogP contribution in [0, 0.1) is 22.7 Å². The summed E-state index contributed by atoms with van der Waals surface area (Å²) >= 11 is 0. The Labute approximate surface area is 134 Å². The fourth-order valence-corrected chi connectivity index (χ4v) is 5.55. The minimum absolute atomic E-state index is 0.0988. The van der Waals surface area contributed by atoms with E-state index in [1.54, 1.807) is 6.26 Å². The molecule has 0 saturated heterocycles. The van der Waals surface area contributed by atoms with Gasteiger partial charge in [-0.25, -0.2) is 0 Å². The summed E-state index contributed by atoms with van der Waals surface area (Å²) in [6, 6.07) is 2.07. The minimum atomic E-state index is 0.0988. The van der Waals surface area contributed by atoms with Crippen molar-refractivity contribution in [2.45, 2.75) is 58.8 Å². The molecule has 2 saturated carbocycles. The third kappa shape index (κ3) is 2.56. The number of allylic oxidation sites excluding steroid dienone is 1. The molecule has 1 aromatic rings. The van der Waals surface area contributed by atoms with Gasteiger partial charge in [0, 0.05) is 6.61 Å². The van der Waals surface area contributed by atoms with Crippen molar-refractivity contribution in [1.29, 1.82) is 0 Å². The number of fused-ring (bicyclic) bond motifs is 1. The Hall–Kier alpha value is -1.02. The lowest BCUT2D eigenvalue weighted by molar-refractivity contribution is -0.0858. The van der Waals surface area contributed by atoms with Crippen LogP contribution in [0.25, 0.3) is 0 Å². The van der Waals surface area contributed by atoms with Crippen molar-refractivity contribution in [2.75, 3.05) is 6.61 Å². The maximum absolute atomic E-state index is 10.0. The van der Waals surface area contributed by atoms with Crippen LogP contribution in [-0.4, -0.2) is 11.7 Å². The molecule has 0 aromatic carbocycles. The van der Waals surface area contributed by atoms with Crippen molar-refractivity contribution < 1.29 is 9.52 Å². The van der Waals surface area contributed by atoms with E-state index in [4.69, 9.17) is 4.42 Å². The average molecular weight is 302 g/mol. The second kappa shape index (κ2) is 5.88. The zero-order valence-corrected chi connectivity index (χ0v) is 14.1. The monoisotopic (exact) mass is 302 g/mol. The fraction of sp³-hybridized carbons (Fsp3) is 0.700. The van der Waals surface area contributed by atoms with Gasteiger partial charge in [-0.3, -0.25) is 0 Å². The standard InChI is InChI=1S/C20H30O2/c1-15-5-8-18-19(2,14-21)10-4-11-20(18,3)17(15)7-6-16-9-12-22-13-16/h9,12-13,17-18,21H,1,4-8,10-11,14H2,2-3H3/t17-,18+,19+,20+/m0/s1. The Kier molecular flexibility index (Phi) is 4.24. The van der Waals surface area contributed by atoms with Gasteiger partial charge in [-0.05, 0) is 72.8 Å². The summed E-state index contributed by atoms with van der Waals surface area (Å²) in [5.74, 6) is 1.20. The Morgan fingerprint density at radius 1 is 1.36 bits per heavy atom. The van der Waals surface area contributed by atoms with Crippen LogP contribution in [0.4, 0.5) is 0 Å². The highest BCUT2D eigenvalue weighted by atomic mass is 16.3. The van der Waals surface area contributed by atoms with Gasteiger partial charge >= 0.3 is 0 Å². The molecule has 0 bridgehead atoms. The van der Waals surface area contributed by atoms with Gasteiger partial charge in [0.1, 0.15) is 0 Å². The van der Waals surface area contributed by atoms with Crippen LogP contribution in [0.5, 0.6) is 0 Å². The summed E-state index contributed by atoms with van der Waals surface area (Å²) in [4.78, 5) is 0. The summed E-state index contributed by atoms with van der Waals surface area (Å²) in [7, 11) is 0. The molecule has 1 heterocycles. The molecule has 122 valence electrons. The van der Waals surface area contributed by atoms with Gasteiger partial charge in [-0.2, -0.15) is 0 Å². The fourth-order valence-electron chi connectivity index (χ4n) is 5.55. The van der Waals surface area contributed by atoms with Crippen LogP contribution in [0.15, 0.2) is 35.2 Å². The lowest BCUT2D eigenvalue weighted by atomic mass is 9.47. The normalized spacial score (nSPS) is 38.8. The molecule has 22 heavy (non-hydrogen) atoms. The number of hydrogen-bond donors (Lipinski definition) is 1. The van der Waals surface area contributed by atoms with Crippen LogP contribution < -0.4 is 0 Å². The van der Waals surface area contributed by atoms with Crippen molar-refractivity contribution in [3.8, 4) is 0 Å². The molecule has 3 rings (SSSR count). The number of furan rings is 1. The Bertz CT molecular complexity index is 518. The van der Waals surface area contributed by atoms with E-state index >= 15 is 0 Å². The zero-order valence-electron chi connectivity index (χ0n) is 14.1. The van der Waals surface area contributed by atoms with E-state index in [2.05, 4.69) is 26.5 Å². The Morgan fingerprint density at radius 2 is 2.18 bits per heavy atom. The lowest BCUT2D eigenvalue weighted by Gasteiger charge is -2.58.